The molecule has 0 saturated heterocycles. The van der Waals surface area contributed by atoms with Crippen molar-refractivity contribution in [1.29, 1.82) is 0 Å². The van der Waals surface area contributed by atoms with Gasteiger partial charge in [-0.2, -0.15) is 0 Å². The molecule has 4 aromatic rings. The van der Waals surface area contributed by atoms with Crippen LogP contribution in [0.5, 0.6) is 0 Å². The van der Waals surface area contributed by atoms with Crippen LogP contribution >= 0.6 is 0 Å². The van der Waals surface area contributed by atoms with E-state index in [4.69, 9.17) is 5.73 Å². The molecule has 1 saturated carbocycles. The molecule has 0 radical (unpaired) electrons. The quantitative estimate of drug-likeness (QED) is 0.162. The number of hydrogen-bond donors (Lipinski definition) is 2. The van der Waals surface area contributed by atoms with Crippen LogP contribution in [0.15, 0.2) is 97.1 Å². The van der Waals surface area contributed by atoms with Crippen LogP contribution < -0.4 is 16.0 Å². The van der Waals surface area contributed by atoms with Gasteiger partial charge in [0.15, 0.2) is 0 Å². The number of primary amides is 1. The van der Waals surface area contributed by atoms with Crippen LogP contribution in [0.4, 0.5) is 5.69 Å². The zero-order chi connectivity index (χ0) is 33.6. The molecule has 0 aromatic heterocycles. The highest BCUT2D eigenvalue weighted by atomic mass is 16.2. The van der Waals surface area contributed by atoms with Crippen molar-refractivity contribution in [3.05, 3.63) is 114 Å². The molecular weight excluding hydrogens is 594 g/mol. The molecular formula is C42H47N3O3. The summed E-state index contributed by atoms with van der Waals surface area (Å²) in [4.78, 5) is 44.0. The lowest BCUT2D eigenvalue weighted by atomic mass is 9.79. The molecule has 3 N–H and O–H groups in total. The molecule has 0 spiro atoms. The molecule has 6 nitrogen and oxygen atoms in total. The fourth-order valence-electron chi connectivity index (χ4n) is 7.69. The summed E-state index contributed by atoms with van der Waals surface area (Å²) in [5, 5.41) is 3.21. The van der Waals surface area contributed by atoms with E-state index in [2.05, 4.69) is 55.6 Å². The molecule has 1 aliphatic carbocycles. The van der Waals surface area contributed by atoms with E-state index in [-0.39, 0.29) is 11.8 Å². The third-order valence-electron chi connectivity index (χ3n) is 10.3. The highest BCUT2D eigenvalue weighted by Gasteiger charge is 2.40. The van der Waals surface area contributed by atoms with E-state index in [9.17, 15) is 14.4 Å². The topological polar surface area (TPSA) is 92.5 Å². The molecule has 1 heterocycles. The second kappa shape index (κ2) is 15.0. The van der Waals surface area contributed by atoms with Crippen molar-refractivity contribution in [1.82, 2.24) is 5.32 Å². The van der Waals surface area contributed by atoms with Gasteiger partial charge in [0, 0.05) is 17.4 Å². The summed E-state index contributed by atoms with van der Waals surface area (Å²) in [5.74, 6) is -1.67. The van der Waals surface area contributed by atoms with Gasteiger partial charge in [0.1, 0.15) is 6.04 Å². The third kappa shape index (κ3) is 7.23. The van der Waals surface area contributed by atoms with E-state index >= 15 is 0 Å². The summed E-state index contributed by atoms with van der Waals surface area (Å²) in [5.41, 5.74) is 13.8. The van der Waals surface area contributed by atoms with Crippen molar-refractivity contribution in [2.45, 2.75) is 77.8 Å². The first-order valence-corrected chi connectivity index (χ1v) is 17.6. The molecule has 6 rings (SSSR count). The first-order chi connectivity index (χ1) is 23.3. The van der Waals surface area contributed by atoms with Crippen LogP contribution in [0.25, 0.3) is 22.3 Å². The fourth-order valence-corrected chi connectivity index (χ4v) is 7.69. The minimum absolute atomic E-state index is 0.203. The zero-order valence-electron chi connectivity index (χ0n) is 28.2. The van der Waals surface area contributed by atoms with Crippen molar-refractivity contribution in [3.63, 3.8) is 0 Å². The van der Waals surface area contributed by atoms with Crippen LogP contribution in [-0.4, -0.2) is 17.7 Å². The summed E-state index contributed by atoms with van der Waals surface area (Å²) in [6.07, 6.45) is 7.30. The number of rotatable bonds is 12. The maximum Gasteiger partial charge on any atom is 0.254 e. The Balaban J connectivity index is 1.37. The largest absolute Gasteiger partial charge is 0.369 e. The minimum atomic E-state index is -0.924. The van der Waals surface area contributed by atoms with Crippen molar-refractivity contribution in [2.24, 2.45) is 23.5 Å². The summed E-state index contributed by atoms with van der Waals surface area (Å²) in [6, 6.07) is 31.6. The number of carbonyl (C=O) groups is 3. The van der Waals surface area contributed by atoms with E-state index < -0.39 is 23.8 Å². The van der Waals surface area contributed by atoms with E-state index in [0.29, 0.717) is 25.3 Å². The van der Waals surface area contributed by atoms with Gasteiger partial charge in [-0.15, -0.1) is 0 Å². The number of carbonyl (C=O) groups excluding carboxylic acids is 3. The number of amides is 3. The number of nitrogens with two attached hydrogens (primary N) is 1. The monoisotopic (exact) mass is 641 g/mol. The summed E-state index contributed by atoms with van der Waals surface area (Å²) < 4.78 is 0. The Morgan fingerprint density at radius 1 is 0.854 bits per heavy atom. The number of anilines is 1. The molecule has 2 aliphatic rings. The standard InChI is InChI=1S/C42H47N3O3/c1-3-4-16-36(40(43)46)37(26-29-12-5-6-13-29)41(47)44-39-35-19-8-7-17-33(35)34-18-9-10-20-38(34)45(42(39)48)27-30-14-11-15-32(25-30)31-23-21-28(2)22-24-31/h7-11,14-15,17-25,29,36-37,39H,3-6,12-13,16,26-27H2,1-2H3,(H2,43,46)(H,44,47). The Morgan fingerprint density at radius 3 is 2.29 bits per heavy atom. The maximum atomic E-state index is 14.9. The van der Waals surface area contributed by atoms with Gasteiger partial charge in [-0.1, -0.05) is 136 Å². The predicted molar refractivity (Wildman–Crippen MR) is 193 cm³/mol. The number of unbranched alkanes of at least 4 members (excludes halogenated alkanes) is 1. The Hall–Kier alpha value is -4.71. The van der Waals surface area contributed by atoms with Gasteiger partial charge in [-0.3, -0.25) is 14.4 Å². The average molecular weight is 642 g/mol. The molecule has 3 atom stereocenters. The zero-order valence-corrected chi connectivity index (χ0v) is 28.2. The summed E-state index contributed by atoms with van der Waals surface area (Å²) >= 11 is 0. The minimum Gasteiger partial charge on any atom is -0.369 e. The van der Waals surface area contributed by atoms with Gasteiger partial charge in [0.2, 0.25) is 11.8 Å². The van der Waals surface area contributed by atoms with E-state index in [0.717, 1.165) is 77.6 Å². The molecule has 248 valence electrons. The molecule has 4 aromatic carbocycles. The first kappa shape index (κ1) is 33.2. The molecule has 1 aliphatic heterocycles. The molecule has 0 bridgehead atoms. The van der Waals surface area contributed by atoms with Crippen molar-refractivity contribution in [3.8, 4) is 22.3 Å². The highest BCUT2D eigenvalue weighted by molar-refractivity contribution is 6.06. The smallest absolute Gasteiger partial charge is 0.254 e. The van der Waals surface area contributed by atoms with Crippen LogP contribution in [0.2, 0.25) is 0 Å². The fraction of sp³-hybridized carbons (Fsp3) is 0.357. The molecule has 48 heavy (non-hydrogen) atoms. The Bertz CT molecular complexity index is 1760. The number of hydrogen-bond acceptors (Lipinski definition) is 3. The second-order valence-corrected chi connectivity index (χ2v) is 13.7. The number of nitrogens with one attached hydrogen (secondary N) is 1. The van der Waals surface area contributed by atoms with Crippen molar-refractivity contribution >= 4 is 23.4 Å². The van der Waals surface area contributed by atoms with E-state index in [1.165, 1.54) is 5.56 Å². The van der Waals surface area contributed by atoms with E-state index in [1.54, 1.807) is 0 Å². The van der Waals surface area contributed by atoms with Gasteiger partial charge in [-0.25, -0.2) is 0 Å². The number of nitrogens with zero attached hydrogens (tertiary/aromatic N) is 1. The molecule has 3 unspecified atom stereocenters. The summed E-state index contributed by atoms with van der Waals surface area (Å²) in [7, 11) is 0. The second-order valence-electron chi connectivity index (χ2n) is 13.7. The van der Waals surface area contributed by atoms with E-state index in [1.807, 2.05) is 65.6 Å². The average Bonchev–Trinajstić information content (AvgIpc) is 3.60. The Kier molecular flexibility index (Phi) is 10.4. The summed E-state index contributed by atoms with van der Waals surface area (Å²) in [6.45, 7) is 4.49. The lowest BCUT2D eigenvalue weighted by molar-refractivity contribution is -0.136. The SMILES string of the molecule is CCCCC(C(N)=O)C(CC1CCCC1)C(=O)NC1C(=O)N(Cc2cccc(-c3ccc(C)cc3)c2)c2ccccc2-c2ccccc21. The van der Waals surface area contributed by atoms with Gasteiger partial charge < -0.3 is 16.0 Å². The molecule has 3 amide bonds. The number of aryl methyl sites for hydroxylation is 1. The predicted octanol–water partition coefficient (Wildman–Crippen LogP) is 8.52. The third-order valence-corrected chi connectivity index (χ3v) is 10.3. The Morgan fingerprint density at radius 2 is 1.56 bits per heavy atom. The highest BCUT2D eigenvalue weighted by Crippen LogP contribution is 2.42. The normalized spacial score (nSPS) is 17.2. The molecule has 6 heteroatoms. The van der Waals surface area contributed by atoms with Crippen LogP contribution in [-0.2, 0) is 20.9 Å². The van der Waals surface area contributed by atoms with Gasteiger partial charge in [0.05, 0.1) is 12.2 Å². The first-order valence-electron chi connectivity index (χ1n) is 17.6. The molecule has 1 fully saturated rings. The number of fused-ring (bicyclic) bond motifs is 3. The van der Waals surface area contributed by atoms with Crippen molar-refractivity contribution < 1.29 is 14.4 Å². The lowest BCUT2D eigenvalue weighted by Gasteiger charge is -2.30. The van der Waals surface area contributed by atoms with Crippen LogP contribution in [0.1, 0.15) is 81.0 Å². The van der Waals surface area contributed by atoms with Gasteiger partial charge in [0.25, 0.3) is 5.91 Å². The van der Waals surface area contributed by atoms with Gasteiger partial charge in [-0.05, 0) is 65.6 Å². The van der Waals surface area contributed by atoms with Crippen LogP contribution in [0, 0.1) is 24.7 Å². The Labute approximate surface area is 284 Å². The van der Waals surface area contributed by atoms with Gasteiger partial charge >= 0.3 is 0 Å². The number of benzene rings is 4. The van der Waals surface area contributed by atoms with Crippen molar-refractivity contribution in [2.75, 3.05) is 4.90 Å². The maximum absolute atomic E-state index is 14.9. The lowest BCUT2D eigenvalue weighted by Crippen LogP contribution is -2.47. The van der Waals surface area contributed by atoms with Crippen LogP contribution in [0.3, 0.4) is 0 Å². The number of para-hydroxylation sites is 1.